The number of carbonyl (C=O) groups excluding carboxylic acids is 1. The molecule has 1 fully saturated rings. The van der Waals surface area contributed by atoms with E-state index >= 15 is 0 Å². The summed E-state index contributed by atoms with van der Waals surface area (Å²) in [6.07, 6.45) is 1.90. The van der Waals surface area contributed by atoms with Gasteiger partial charge in [-0.1, -0.05) is 0 Å². The largest absolute Gasteiger partial charge is 0.294 e. The summed E-state index contributed by atoms with van der Waals surface area (Å²) in [5.41, 5.74) is 1.96. The fraction of sp³-hybridized carbons (Fsp3) is 0.333. The van der Waals surface area contributed by atoms with Crippen LogP contribution in [0.15, 0.2) is 29.2 Å². The molecule has 0 aliphatic heterocycles. The number of rotatable bonds is 5. The molecule has 6 nitrogen and oxygen atoms in total. The van der Waals surface area contributed by atoms with E-state index in [1.807, 2.05) is 0 Å². The number of nitrogens with one attached hydrogen (secondary N) is 2. The van der Waals surface area contributed by atoms with Gasteiger partial charge in [0.1, 0.15) is 4.90 Å². The number of aromatic nitrogens is 2. The van der Waals surface area contributed by atoms with E-state index in [0.717, 1.165) is 12.8 Å². The highest BCUT2D eigenvalue weighted by Crippen LogP contribution is 2.32. The number of benzene rings is 1. The van der Waals surface area contributed by atoms with Gasteiger partial charge in [-0.2, -0.15) is 5.10 Å². The van der Waals surface area contributed by atoms with E-state index in [-0.39, 0.29) is 16.6 Å². The SMILES string of the molecule is Cc1n[nH]c(C)c1S(=O)(=O)Nc1ccc(C(=O)C2CC2)cc1. The number of nitrogens with zero attached hydrogens (tertiary/aromatic N) is 1. The average molecular weight is 319 g/mol. The number of Topliss-reactive ketones (excluding diaryl/α,β-unsaturated/α-hetero) is 1. The van der Waals surface area contributed by atoms with Crippen LogP contribution in [0.2, 0.25) is 0 Å². The standard InChI is InChI=1S/C15H17N3O3S/c1-9-15(10(2)17-16-9)22(20,21)18-13-7-5-12(6-8-13)14(19)11-3-4-11/h5-8,11,18H,3-4H2,1-2H3,(H,16,17). The van der Waals surface area contributed by atoms with Crippen molar-refractivity contribution in [3.8, 4) is 0 Å². The van der Waals surface area contributed by atoms with Crippen LogP contribution >= 0.6 is 0 Å². The van der Waals surface area contributed by atoms with Crippen molar-refractivity contribution in [2.45, 2.75) is 31.6 Å². The topological polar surface area (TPSA) is 91.9 Å². The lowest BCUT2D eigenvalue weighted by molar-refractivity contribution is 0.0967. The Morgan fingerprint density at radius 1 is 1.23 bits per heavy atom. The molecular formula is C15H17N3O3S. The number of aryl methyl sites for hydroxylation is 2. The highest BCUT2D eigenvalue weighted by molar-refractivity contribution is 7.92. The van der Waals surface area contributed by atoms with Gasteiger partial charge >= 0.3 is 0 Å². The molecule has 7 heteroatoms. The van der Waals surface area contributed by atoms with Crippen molar-refractivity contribution in [1.29, 1.82) is 0 Å². The van der Waals surface area contributed by atoms with Crippen LogP contribution in [0.4, 0.5) is 5.69 Å². The summed E-state index contributed by atoms with van der Waals surface area (Å²) in [6, 6.07) is 6.54. The van der Waals surface area contributed by atoms with E-state index in [0.29, 0.717) is 22.6 Å². The third-order valence-corrected chi connectivity index (χ3v) is 5.34. The smallest absolute Gasteiger partial charge is 0.265 e. The molecule has 1 aromatic heterocycles. The Morgan fingerprint density at radius 2 is 1.86 bits per heavy atom. The predicted octanol–water partition coefficient (Wildman–Crippen LogP) is 2.42. The van der Waals surface area contributed by atoms with Crippen molar-refractivity contribution < 1.29 is 13.2 Å². The fourth-order valence-corrected chi connectivity index (χ4v) is 3.86. The molecule has 116 valence electrons. The third-order valence-electron chi connectivity index (χ3n) is 3.70. The van der Waals surface area contributed by atoms with Gasteiger partial charge in [0.25, 0.3) is 10.0 Å². The number of carbonyl (C=O) groups is 1. The van der Waals surface area contributed by atoms with Crippen LogP contribution in [0.5, 0.6) is 0 Å². The van der Waals surface area contributed by atoms with E-state index in [2.05, 4.69) is 14.9 Å². The Hall–Kier alpha value is -2.15. The Labute approximate surface area is 129 Å². The second-order valence-corrected chi connectivity index (χ2v) is 7.20. The van der Waals surface area contributed by atoms with Crippen LogP contribution < -0.4 is 4.72 Å². The highest BCUT2D eigenvalue weighted by Gasteiger charge is 2.30. The maximum atomic E-state index is 12.4. The van der Waals surface area contributed by atoms with Crippen molar-refractivity contribution in [1.82, 2.24) is 10.2 Å². The van der Waals surface area contributed by atoms with Crippen LogP contribution in [-0.4, -0.2) is 24.4 Å². The van der Waals surface area contributed by atoms with Crippen molar-refractivity contribution in [2.24, 2.45) is 5.92 Å². The number of hydrogen-bond donors (Lipinski definition) is 2. The summed E-state index contributed by atoms with van der Waals surface area (Å²) in [6.45, 7) is 3.29. The predicted molar refractivity (Wildman–Crippen MR) is 82.4 cm³/mol. The molecule has 3 rings (SSSR count). The molecule has 0 saturated heterocycles. The Morgan fingerprint density at radius 3 is 2.36 bits per heavy atom. The number of aromatic amines is 1. The molecule has 0 spiro atoms. The molecule has 0 amide bonds. The van der Waals surface area contributed by atoms with Crippen LogP contribution in [0.25, 0.3) is 0 Å². The van der Waals surface area contributed by atoms with Gasteiger partial charge in [-0.05, 0) is 51.0 Å². The molecule has 1 aromatic carbocycles. The molecule has 0 atom stereocenters. The molecule has 2 aromatic rings. The fourth-order valence-electron chi connectivity index (χ4n) is 2.43. The van der Waals surface area contributed by atoms with Crippen LogP contribution in [-0.2, 0) is 10.0 Å². The zero-order valence-corrected chi connectivity index (χ0v) is 13.2. The van der Waals surface area contributed by atoms with Crippen molar-refractivity contribution in [3.63, 3.8) is 0 Å². The minimum Gasteiger partial charge on any atom is -0.294 e. The zero-order chi connectivity index (χ0) is 15.9. The van der Waals surface area contributed by atoms with E-state index in [9.17, 15) is 13.2 Å². The second-order valence-electron chi connectivity index (χ2n) is 5.58. The molecule has 0 unspecified atom stereocenters. The Balaban J connectivity index is 1.82. The van der Waals surface area contributed by atoms with Gasteiger partial charge in [0.15, 0.2) is 5.78 Å². The molecule has 1 saturated carbocycles. The summed E-state index contributed by atoms with van der Waals surface area (Å²) in [5, 5.41) is 6.56. The number of ketones is 1. The first-order chi connectivity index (χ1) is 10.4. The summed E-state index contributed by atoms with van der Waals surface area (Å²) in [7, 11) is -3.70. The normalized spacial score (nSPS) is 14.8. The molecule has 0 radical (unpaired) electrons. The van der Waals surface area contributed by atoms with Crippen molar-refractivity contribution in [3.05, 3.63) is 41.2 Å². The van der Waals surface area contributed by atoms with E-state index in [1.165, 1.54) is 0 Å². The minimum atomic E-state index is -3.70. The summed E-state index contributed by atoms with van der Waals surface area (Å²) in [5.74, 6) is 0.287. The van der Waals surface area contributed by atoms with Crippen molar-refractivity contribution >= 4 is 21.5 Å². The van der Waals surface area contributed by atoms with Crippen LogP contribution in [0, 0.1) is 19.8 Å². The molecule has 22 heavy (non-hydrogen) atoms. The van der Waals surface area contributed by atoms with Gasteiger partial charge in [-0.25, -0.2) is 8.42 Å². The first kappa shape index (κ1) is 14.8. The molecule has 1 aliphatic rings. The summed E-state index contributed by atoms with van der Waals surface area (Å²) < 4.78 is 27.3. The maximum absolute atomic E-state index is 12.4. The third kappa shape index (κ3) is 2.76. The Bertz CT molecular complexity index is 799. The lowest BCUT2D eigenvalue weighted by atomic mass is 10.1. The molecule has 1 aliphatic carbocycles. The summed E-state index contributed by atoms with van der Waals surface area (Å²) in [4.78, 5) is 12.1. The van der Waals surface area contributed by atoms with Crippen molar-refractivity contribution in [2.75, 3.05) is 4.72 Å². The van der Waals surface area contributed by atoms with Crippen LogP contribution in [0.1, 0.15) is 34.6 Å². The van der Waals surface area contributed by atoms with Gasteiger partial charge in [-0.15, -0.1) is 0 Å². The first-order valence-corrected chi connectivity index (χ1v) is 8.55. The second kappa shape index (κ2) is 5.24. The van der Waals surface area contributed by atoms with Gasteiger partial charge < -0.3 is 0 Å². The molecule has 0 bridgehead atoms. The average Bonchev–Trinajstić information content (AvgIpc) is 3.24. The number of hydrogen-bond acceptors (Lipinski definition) is 4. The monoisotopic (exact) mass is 319 g/mol. The number of H-pyrrole nitrogens is 1. The number of anilines is 1. The molecule has 2 N–H and O–H groups in total. The minimum absolute atomic E-state index is 0.135. The quantitative estimate of drug-likeness (QED) is 0.828. The van der Waals surface area contributed by atoms with E-state index < -0.39 is 10.0 Å². The summed E-state index contributed by atoms with van der Waals surface area (Å²) >= 11 is 0. The van der Waals surface area contributed by atoms with Gasteiger partial charge in [-0.3, -0.25) is 14.6 Å². The highest BCUT2D eigenvalue weighted by atomic mass is 32.2. The van der Waals surface area contributed by atoms with Crippen LogP contribution in [0.3, 0.4) is 0 Å². The van der Waals surface area contributed by atoms with Gasteiger partial charge in [0.2, 0.25) is 0 Å². The van der Waals surface area contributed by atoms with Gasteiger partial charge in [0, 0.05) is 17.2 Å². The Kier molecular flexibility index (Phi) is 3.52. The lowest BCUT2D eigenvalue weighted by Crippen LogP contribution is -2.14. The molecular weight excluding hydrogens is 302 g/mol. The van der Waals surface area contributed by atoms with Gasteiger partial charge in [0.05, 0.1) is 11.4 Å². The van der Waals surface area contributed by atoms with E-state index in [1.54, 1.807) is 38.1 Å². The first-order valence-electron chi connectivity index (χ1n) is 7.07. The van der Waals surface area contributed by atoms with E-state index in [4.69, 9.17) is 0 Å². The number of sulfonamides is 1. The molecule has 1 heterocycles. The lowest BCUT2D eigenvalue weighted by Gasteiger charge is -2.08. The zero-order valence-electron chi connectivity index (χ0n) is 12.4. The maximum Gasteiger partial charge on any atom is 0.265 e.